The molecule has 0 aliphatic carbocycles. The summed E-state index contributed by atoms with van der Waals surface area (Å²) in [6, 6.07) is 3.46. The quantitative estimate of drug-likeness (QED) is 0.496. The Kier molecular flexibility index (Phi) is 6.14. The molecule has 0 fully saturated rings. The molecule has 1 unspecified atom stereocenters. The summed E-state index contributed by atoms with van der Waals surface area (Å²) >= 11 is 0. The van der Waals surface area contributed by atoms with Crippen LogP contribution in [0.2, 0.25) is 18.1 Å². The summed E-state index contributed by atoms with van der Waals surface area (Å²) in [7, 11) is -1.85. The molecular formula is C16H28N2O3Si. The van der Waals surface area contributed by atoms with E-state index in [2.05, 4.69) is 39.2 Å². The monoisotopic (exact) mass is 324 g/mol. The molecule has 0 saturated carbocycles. The van der Waals surface area contributed by atoms with Gasteiger partial charge in [-0.2, -0.15) is 4.73 Å². The minimum absolute atomic E-state index is 0.0707. The van der Waals surface area contributed by atoms with Crippen molar-refractivity contribution in [2.45, 2.75) is 58.3 Å². The summed E-state index contributed by atoms with van der Waals surface area (Å²) in [5, 5.41) is 14.2. The molecule has 1 aromatic heterocycles. The maximum Gasteiger partial charge on any atom is 0.217 e. The number of nitrogens with one attached hydrogen (secondary N) is 1. The number of carbonyl (C=O) groups excluding carboxylic acids is 1. The van der Waals surface area contributed by atoms with Crippen LogP contribution in [-0.4, -0.2) is 26.9 Å². The molecule has 0 aromatic carbocycles. The van der Waals surface area contributed by atoms with Crippen molar-refractivity contribution < 1.29 is 14.0 Å². The Morgan fingerprint density at radius 1 is 1.36 bits per heavy atom. The lowest BCUT2D eigenvalue weighted by Crippen LogP contribution is -2.46. The summed E-state index contributed by atoms with van der Waals surface area (Å²) in [5.74, 6) is -0.0707. The van der Waals surface area contributed by atoms with E-state index in [1.165, 1.54) is 19.3 Å². The van der Waals surface area contributed by atoms with E-state index in [1.54, 1.807) is 12.1 Å². The van der Waals surface area contributed by atoms with Crippen LogP contribution in [0.5, 0.6) is 0 Å². The number of hydrogen-bond acceptors (Lipinski definition) is 3. The van der Waals surface area contributed by atoms with Gasteiger partial charge in [0.2, 0.25) is 5.91 Å². The Hall–Kier alpha value is -1.40. The van der Waals surface area contributed by atoms with Gasteiger partial charge in [-0.3, -0.25) is 4.79 Å². The van der Waals surface area contributed by atoms with E-state index in [0.717, 1.165) is 10.3 Å². The van der Waals surface area contributed by atoms with Crippen LogP contribution in [0.25, 0.3) is 0 Å². The van der Waals surface area contributed by atoms with Gasteiger partial charge in [0.1, 0.15) is 0 Å². The number of nitrogens with zero attached hydrogens (tertiary/aromatic N) is 1. The first-order valence-electron chi connectivity index (χ1n) is 7.60. The molecule has 22 heavy (non-hydrogen) atoms. The van der Waals surface area contributed by atoms with Gasteiger partial charge in [0.05, 0.1) is 12.6 Å². The molecule has 1 amide bonds. The SMILES string of the molecule is CC(=O)NC(CO[Si](C)(C)C(C)(C)C)Cc1cc[n+]([O-])cc1. The molecule has 0 saturated heterocycles. The molecule has 0 radical (unpaired) electrons. The van der Waals surface area contributed by atoms with Crippen molar-refractivity contribution in [3.63, 3.8) is 0 Å². The Morgan fingerprint density at radius 2 is 1.91 bits per heavy atom. The Bertz CT molecular complexity index is 495. The van der Waals surface area contributed by atoms with Crippen LogP contribution >= 0.6 is 0 Å². The number of amides is 1. The Balaban J connectivity index is 2.73. The predicted molar refractivity (Wildman–Crippen MR) is 89.9 cm³/mol. The van der Waals surface area contributed by atoms with Gasteiger partial charge >= 0.3 is 0 Å². The van der Waals surface area contributed by atoms with Crippen LogP contribution in [0.3, 0.4) is 0 Å². The molecule has 1 heterocycles. The average Bonchev–Trinajstić information content (AvgIpc) is 2.37. The minimum atomic E-state index is -1.85. The molecule has 1 aromatic rings. The summed E-state index contributed by atoms with van der Waals surface area (Å²) in [6.07, 6.45) is 3.58. The lowest BCUT2D eigenvalue weighted by atomic mass is 10.1. The van der Waals surface area contributed by atoms with Crippen LogP contribution in [0, 0.1) is 5.21 Å². The summed E-state index contributed by atoms with van der Waals surface area (Å²) < 4.78 is 6.96. The van der Waals surface area contributed by atoms with E-state index in [4.69, 9.17) is 4.43 Å². The zero-order valence-electron chi connectivity index (χ0n) is 14.5. The highest BCUT2D eigenvalue weighted by Gasteiger charge is 2.37. The van der Waals surface area contributed by atoms with Gasteiger partial charge < -0.3 is 15.0 Å². The average molecular weight is 324 g/mol. The van der Waals surface area contributed by atoms with Crippen LogP contribution in [0.1, 0.15) is 33.3 Å². The largest absolute Gasteiger partial charge is 0.619 e. The fraction of sp³-hybridized carbons (Fsp3) is 0.625. The maximum atomic E-state index is 11.4. The second-order valence-electron chi connectivity index (χ2n) is 7.24. The lowest BCUT2D eigenvalue weighted by molar-refractivity contribution is -0.605. The summed E-state index contributed by atoms with van der Waals surface area (Å²) in [6.45, 7) is 13.0. The second-order valence-corrected chi connectivity index (χ2v) is 12.0. The normalized spacial score (nSPS) is 13.7. The first-order valence-corrected chi connectivity index (χ1v) is 10.5. The first kappa shape index (κ1) is 18.6. The van der Waals surface area contributed by atoms with Crippen molar-refractivity contribution in [2.24, 2.45) is 0 Å². The Morgan fingerprint density at radius 3 is 2.36 bits per heavy atom. The topological polar surface area (TPSA) is 65.3 Å². The molecule has 0 aliphatic rings. The summed E-state index contributed by atoms with van der Waals surface area (Å²) in [5.41, 5.74) is 1.00. The highest BCUT2D eigenvalue weighted by atomic mass is 28.4. The minimum Gasteiger partial charge on any atom is -0.619 e. The highest BCUT2D eigenvalue weighted by Crippen LogP contribution is 2.36. The number of rotatable bonds is 6. The van der Waals surface area contributed by atoms with Crippen LogP contribution in [-0.2, 0) is 15.6 Å². The zero-order valence-corrected chi connectivity index (χ0v) is 15.5. The molecule has 1 atom stereocenters. The molecule has 124 valence electrons. The Labute approximate surface area is 134 Å². The molecule has 1 rings (SSSR count). The van der Waals surface area contributed by atoms with E-state index < -0.39 is 8.32 Å². The van der Waals surface area contributed by atoms with E-state index in [9.17, 15) is 10.0 Å². The third-order valence-corrected chi connectivity index (χ3v) is 8.71. The van der Waals surface area contributed by atoms with Crippen molar-refractivity contribution in [3.05, 3.63) is 35.3 Å². The first-order chi connectivity index (χ1) is 10.0. The van der Waals surface area contributed by atoms with Gasteiger partial charge in [-0.15, -0.1) is 0 Å². The van der Waals surface area contributed by atoms with Gasteiger partial charge in [-0.1, -0.05) is 20.8 Å². The third kappa shape index (κ3) is 5.77. The van der Waals surface area contributed by atoms with Gasteiger partial charge in [-0.05, 0) is 30.1 Å². The molecule has 0 bridgehead atoms. The number of carbonyl (C=O) groups is 1. The molecule has 5 nitrogen and oxygen atoms in total. The molecule has 1 N–H and O–H groups in total. The molecular weight excluding hydrogens is 296 g/mol. The maximum absolute atomic E-state index is 11.4. The van der Waals surface area contributed by atoms with E-state index in [0.29, 0.717) is 13.0 Å². The third-order valence-electron chi connectivity index (χ3n) is 4.21. The van der Waals surface area contributed by atoms with Crippen LogP contribution < -0.4 is 10.0 Å². The van der Waals surface area contributed by atoms with Crippen molar-refractivity contribution in [1.29, 1.82) is 0 Å². The fourth-order valence-corrected chi connectivity index (χ4v) is 2.88. The molecule has 0 spiro atoms. The van der Waals surface area contributed by atoms with Crippen molar-refractivity contribution in [1.82, 2.24) is 5.32 Å². The van der Waals surface area contributed by atoms with Crippen molar-refractivity contribution in [2.75, 3.05) is 6.61 Å². The van der Waals surface area contributed by atoms with Gasteiger partial charge in [0.25, 0.3) is 0 Å². The number of pyridine rings is 1. The smallest absolute Gasteiger partial charge is 0.217 e. The van der Waals surface area contributed by atoms with Crippen LogP contribution in [0.4, 0.5) is 0 Å². The van der Waals surface area contributed by atoms with Gasteiger partial charge in [0.15, 0.2) is 20.7 Å². The van der Waals surface area contributed by atoms with Crippen LogP contribution in [0.15, 0.2) is 24.5 Å². The number of aromatic nitrogens is 1. The predicted octanol–water partition coefficient (Wildman–Crippen LogP) is 2.39. The van der Waals surface area contributed by atoms with E-state index in [-0.39, 0.29) is 17.0 Å². The zero-order chi connectivity index (χ0) is 17.0. The van der Waals surface area contributed by atoms with Gasteiger partial charge in [-0.25, -0.2) is 0 Å². The number of hydrogen-bond donors (Lipinski definition) is 1. The van der Waals surface area contributed by atoms with Gasteiger partial charge in [0, 0.05) is 19.1 Å². The molecule has 6 heteroatoms. The highest BCUT2D eigenvalue weighted by molar-refractivity contribution is 6.74. The second kappa shape index (κ2) is 7.24. The van der Waals surface area contributed by atoms with Crippen molar-refractivity contribution in [3.8, 4) is 0 Å². The van der Waals surface area contributed by atoms with Crippen molar-refractivity contribution >= 4 is 14.2 Å². The summed E-state index contributed by atoms with van der Waals surface area (Å²) in [4.78, 5) is 11.4. The molecule has 0 aliphatic heterocycles. The van der Waals surface area contributed by atoms with E-state index >= 15 is 0 Å². The fourth-order valence-electron chi connectivity index (χ4n) is 1.83. The van der Waals surface area contributed by atoms with E-state index in [1.807, 2.05) is 0 Å². The lowest BCUT2D eigenvalue weighted by Gasteiger charge is -2.37. The standard InChI is InChI=1S/C16H28N2O3Si/c1-13(19)17-15(11-14-7-9-18(20)10-8-14)12-21-22(5,6)16(2,3)4/h7-10,15H,11-12H2,1-6H3,(H,17,19).